The van der Waals surface area contributed by atoms with Gasteiger partial charge in [0.15, 0.2) is 0 Å². The standard InChI is InChI=1S/C10H12O4/c11-9(12)6-2-4-1-5(6)8-7(4)3-14-10(8)13/h4-8H,1-3H2,(H,11,12). The van der Waals surface area contributed by atoms with E-state index in [1.165, 1.54) is 0 Å². The molecule has 4 nitrogen and oxygen atoms in total. The Morgan fingerprint density at radius 1 is 1.36 bits per heavy atom. The van der Waals surface area contributed by atoms with Gasteiger partial charge in [-0.05, 0) is 24.7 Å². The Morgan fingerprint density at radius 2 is 2.14 bits per heavy atom. The quantitative estimate of drug-likeness (QED) is 0.621. The molecular formula is C10H12O4. The lowest BCUT2D eigenvalue weighted by molar-refractivity contribution is -0.147. The van der Waals surface area contributed by atoms with Crippen LogP contribution >= 0.6 is 0 Å². The summed E-state index contributed by atoms with van der Waals surface area (Å²) in [6.07, 6.45) is 1.67. The Labute approximate surface area is 81.2 Å². The molecule has 1 N–H and O–H groups in total. The van der Waals surface area contributed by atoms with Crippen molar-refractivity contribution >= 4 is 11.9 Å². The summed E-state index contributed by atoms with van der Waals surface area (Å²) >= 11 is 0. The smallest absolute Gasteiger partial charge is 0.309 e. The molecule has 2 saturated carbocycles. The number of hydrogen-bond acceptors (Lipinski definition) is 3. The van der Waals surface area contributed by atoms with Gasteiger partial charge in [0.05, 0.1) is 18.4 Å². The van der Waals surface area contributed by atoms with Crippen LogP contribution in [0.4, 0.5) is 0 Å². The van der Waals surface area contributed by atoms with E-state index in [0.717, 1.165) is 12.8 Å². The minimum Gasteiger partial charge on any atom is -0.481 e. The van der Waals surface area contributed by atoms with Gasteiger partial charge in [-0.15, -0.1) is 0 Å². The molecule has 0 aromatic heterocycles. The van der Waals surface area contributed by atoms with Crippen molar-refractivity contribution in [2.24, 2.45) is 29.6 Å². The molecule has 5 unspecified atom stereocenters. The Balaban J connectivity index is 1.91. The van der Waals surface area contributed by atoms with Crippen LogP contribution in [0.5, 0.6) is 0 Å². The predicted octanol–water partition coefficient (Wildman–Crippen LogP) is 0.516. The molecule has 1 aliphatic heterocycles. The number of hydrogen-bond donors (Lipinski definition) is 1. The van der Waals surface area contributed by atoms with Crippen molar-refractivity contribution in [1.82, 2.24) is 0 Å². The SMILES string of the molecule is O=C(O)C1CC2CC1C1C(=O)OCC21. The van der Waals surface area contributed by atoms with E-state index in [4.69, 9.17) is 9.84 Å². The minimum atomic E-state index is -0.740. The lowest BCUT2D eigenvalue weighted by Gasteiger charge is -2.25. The maximum Gasteiger partial charge on any atom is 0.309 e. The van der Waals surface area contributed by atoms with E-state index in [9.17, 15) is 9.59 Å². The fraction of sp³-hybridized carbons (Fsp3) is 0.800. The molecule has 14 heavy (non-hydrogen) atoms. The van der Waals surface area contributed by atoms with Crippen LogP contribution in [0.3, 0.4) is 0 Å². The number of carboxylic acid groups (broad SMARTS) is 1. The predicted molar refractivity (Wildman–Crippen MR) is 45.3 cm³/mol. The van der Waals surface area contributed by atoms with Crippen LogP contribution in [0.15, 0.2) is 0 Å². The first-order chi connectivity index (χ1) is 6.68. The topological polar surface area (TPSA) is 63.6 Å². The average molecular weight is 196 g/mol. The van der Waals surface area contributed by atoms with Crippen LogP contribution in [0.1, 0.15) is 12.8 Å². The normalized spacial score (nSPS) is 49.1. The van der Waals surface area contributed by atoms with Crippen molar-refractivity contribution in [3.63, 3.8) is 0 Å². The van der Waals surface area contributed by atoms with Crippen molar-refractivity contribution < 1.29 is 19.4 Å². The Kier molecular flexibility index (Phi) is 1.47. The van der Waals surface area contributed by atoms with Crippen molar-refractivity contribution in [2.45, 2.75) is 12.8 Å². The summed E-state index contributed by atoms with van der Waals surface area (Å²) in [7, 11) is 0. The molecule has 3 fully saturated rings. The van der Waals surface area contributed by atoms with E-state index in [0.29, 0.717) is 18.4 Å². The van der Waals surface area contributed by atoms with Gasteiger partial charge >= 0.3 is 11.9 Å². The highest BCUT2D eigenvalue weighted by atomic mass is 16.5. The summed E-state index contributed by atoms with van der Waals surface area (Å²) in [6.45, 7) is 0.525. The lowest BCUT2D eigenvalue weighted by atomic mass is 9.75. The molecule has 1 heterocycles. The summed E-state index contributed by atoms with van der Waals surface area (Å²) in [5, 5.41) is 8.99. The number of cyclic esters (lactones) is 1. The molecule has 3 aliphatic rings. The van der Waals surface area contributed by atoms with Gasteiger partial charge in [0.1, 0.15) is 0 Å². The van der Waals surface area contributed by atoms with Gasteiger partial charge in [0.2, 0.25) is 0 Å². The molecule has 0 aromatic rings. The zero-order valence-corrected chi connectivity index (χ0v) is 7.68. The van der Waals surface area contributed by atoms with Crippen molar-refractivity contribution in [2.75, 3.05) is 6.61 Å². The Hall–Kier alpha value is -1.06. The van der Waals surface area contributed by atoms with E-state index in [2.05, 4.69) is 0 Å². The van der Waals surface area contributed by atoms with E-state index in [-0.39, 0.29) is 23.7 Å². The largest absolute Gasteiger partial charge is 0.481 e. The summed E-state index contributed by atoms with van der Waals surface area (Å²) in [6, 6.07) is 0. The molecule has 4 heteroatoms. The second kappa shape index (κ2) is 2.49. The second-order valence-electron chi connectivity index (χ2n) is 4.66. The lowest BCUT2D eigenvalue weighted by Crippen LogP contribution is -2.33. The molecule has 0 spiro atoms. The van der Waals surface area contributed by atoms with Crippen molar-refractivity contribution in [3.05, 3.63) is 0 Å². The molecule has 0 radical (unpaired) electrons. The van der Waals surface area contributed by atoms with Crippen LogP contribution in [0, 0.1) is 29.6 Å². The third kappa shape index (κ3) is 0.837. The molecule has 0 aromatic carbocycles. The summed E-state index contributed by atoms with van der Waals surface area (Å²) in [5.41, 5.74) is 0. The third-order valence-corrected chi connectivity index (χ3v) is 4.18. The Morgan fingerprint density at radius 3 is 2.86 bits per heavy atom. The van der Waals surface area contributed by atoms with Gasteiger partial charge in [0.25, 0.3) is 0 Å². The number of carbonyl (C=O) groups excluding carboxylic acids is 1. The van der Waals surface area contributed by atoms with E-state index in [1.54, 1.807) is 0 Å². The molecule has 76 valence electrons. The maximum atomic E-state index is 11.4. The highest BCUT2D eigenvalue weighted by molar-refractivity contribution is 5.79. The molecule has 5 atom stereocenters. The fourth-order valence-corrected chi connectivity index (χ4v) is 3.62. The average Bonchev–Trinajstić information content (AvgIpc) is 2.75. The first-order valence-corrected chi connectivity index (χ1v) is 5.08. The van der Waals surface area contributed by atoms with Gasteiger partial charge in [-0.3, -0.25) is 9.59 Å². The number of carbonyl (C=O) groups is 2. The highest BCUT2D eigenvalue weighted by Crippen LogP contribution is 2.57. The van der Waals surface area contributed by atoms with Crippen molar-refractivity contribution in [3.8, 4) is 0 Å². The maximum absolute atomic E-state index is 11.4. The summed E-state index contributed by atoms with van der Waals surface area (Å²) in [4.78, 5) is 22.3. The number of esters is 1. The van der Waals surface area contributed by atoms with Crippen LogP contribution in [0.25, 0.3) is 0 Å². The first kappa shape index (κ1) is 8.26. The number of fused-ring (bicyclic) bond motifs is 5. The second-order valence-corrected chi connectivity index (χ2v) is 4.66. The van der Waals surface area contributed by atoms with Gasteiger partial charge in [-0.1, -0.05) is 0 Å². The van der Waals surface area contributed by atoms with Gasteiger partial charge in [-0.2, -0.15) is 0 Å². The first-order valence-electron chi connectivity index (χ1n) is 5.08. The van der Waals surface area contributed by atoms with Gasteiger partial charge in [0, 0.05) is 5.92 Å². The zero-order chi connectivity index (χ0) is 9.87. The molecule has 2 aliphatic carbocycles. The van der Waals surface area contributed by atoms with Gasteiger partial charge < -0.3 is 9.84 Å². The number of carboxylic acids is 1. The molecular weight excluding hydrogens is 184 g/mol. The molecule has 0 amide bonds. The van der Waals surface area contributed by atoms with Crippen LogP contribution < -0.4 is 0 Å². The summed E-state index contributed by atoms with van der Waals surface area (Å²) in [5.74, 6) is -0.510. The van der Waals surface area contributed by atoms with Crippen LogP contribution in [-0.2, 0) is 14.3 Å². The highest BCUT2D eigenvalue weighted by Gasteiger charge is 2.60. The fourth-order valence-electron chi connectivity index (χ4n) is 3.62. The van der Waals surface area contributed by atoms with Crippen LogP contribution in [0.2, 0.25) is 0 Å². The van der Waals surface area contributed by atoms with E-state index in [1.807, 2.05) is 0 Å². The van der Waals surface area contributed by atoms with E-state index >= 15 is 0 Å². The van der Waals surface area contributed by atoms with Crippen LogP contribution in [-0.4, -0.2) is 23.7 Å². The Bertz CT molecular complexity index is 311. The molecule has 3 rings (SSSR count). The van der Waals surface area contributed by atoms with Gasteiger partial charge in [-0.25, -0.2) is 0 Å². The van der Waals surface area contributed by atoms with E-state index < -0.39 is 5.97 Å². The monoisotopic (exact) mass is 196 g/mol. The third-order valence-electron chi connectivity index (χ3n) is 4.18. The number of ether oxygens (including phenoxy) is 1. The number of rotatable bonds is 1. The molecule has 2 bridgehead atoms. The zero-order valence-electron chi connectivity index (χ0n) is 7.68. The summed E-state index contributed by atoms with van der Waals surface area (Å²) < 4.78 is 5.00. The molecule has 1 saturated heterocycles. The van der Waals surface area contributed by atoms with Crippen molar-refractivity contribution in [1.29, 1.82) is 0 Å². The minimum absolute atomic E-state index is 0.0532. The number of aliphatic carboxylic acids is 1.